The Morgan fingerprint density at radius 1 is 1.00 bits per heavy atom. The van der Waals surface area contributed by atoms with E-state index in [0.717, 1.165) is 11.0 Å². The third kappa shape index (κ3) is 4.30. The number of para-hydroxylation sites is 2. The number of rotatable bonds is 4. The van der Waals surface area contributed by atoms with Crippen molar-refractivity contribution in [3.63, 3.8) is 0 Å². The van der Waals surface area contributed by atoms with Crippen molar-refractivity contribution in [3.8, 4) is 0 Å². The molecule has 3 rings (SSSR count). The third-order valence-electron chi connectivity index (χ3n) is 3.98. The lowest BCUT2D eigenvalue weighted by atomic mass is 10.2. The van der Waals surface area contributed by atoms with Gasteiger partial charge in [0.2, 0.25) is 11.8 Å². The Balaban J connectivity index is 1.57. The first-order chi connectivity index (χ1) is 12.9. The molecule has 0 unspecified atom stereocenters. The zero-order valence-corrected chi connectivity index (χ0v) is 14.9. The topological polar surface area (TPSA) is 105 Å². The number of carbonyl (C=O) groups is 3. The molecule has 0 aliphatic heterocycles. The van der Waals surface area contributed by atoms with Gasteiger partial charge in [-0.2, -0.15) is 0 Å². The van der Waals surface area contributed by atoms with Gasteiger partial charge in [0.1, 0.15) is 5.82 Å². The number of anilines is 1. The first-order valence-corrected chi connectivity index (χ1v) is 8.31. The van der Waals surface area contributed by atoms with E-state index in [1.807, 2.05) is 35.9 Å². The standard InChI is InChI=1S/C19H19N5O3/c1-12(25)20-14-9-7-13(8-10-14)19(27)23-22-18(26)11-17-21-15-5-3-4-6-16(15)24(17)2/h3-10H,11H2,1-2H3,(H,20,25)(H,22,26)(H,23,27). The number of hydrogen-bond acceptors (Lipinski definition) is 4. The lowest BCUT2D eigenvalue weighted by Crippen LogP contribution is -2.42. The zero-order chi connectivity index (χ0) is 19.4. The maximum Gasteiger partial charge on any atom is 0.269 e. The average molecular weight is 365 g/mol. The minimum absolute atomic E-state index is 0.0347. The minimum atomic E-state index is -0.456. The number of fused-ring (bicyclic) bond motifs is 1. The number of hydrogen-bond donors (Lipinski definition) is 3. The fraction of sp³-hybridized carbons (Fsp3) is 0.158. The molecule has 3 amide bonds. The molecule has 0 saturated heterocycles. The van der Waals surface area contributed by atoms with Crippen LogP contribution in [0.3, 0.4) is 0 Å². The Bertz CT molecular complexity index is 1010. The van der Waals surface area contributed by atoms with Crippen LogP contribution in [0.2, 0.25) is 0 Å². The molecule has 0 fully saturated rings. The molecule has 1 aromatic heterocycles. The summed E-state index contributed by atoms with van der Waals surface area (Å²) in [6.45, 7) is 1.40. The summed E-state index contributed by atoms with van der Waals surface area (Å²) in [5.74, 6) is -0.427. The molecule has 0 bridgehead atoms. The molecule has 8 heteroatoms. The first-order valence-electron chi connectivity index (χ1n) is 8.31. The fourth-order valence-corrected chi connectivity index (χ4v) is 2.65. The Hall–Kier alpha value is -3.68. The van der Waals surface area contributed by atoms with Crippen molar-refractivity contribution < 1.29 is 14.4 Å². The van der Waals surface area contributed by atoms with Crippen LogP contribution in [0.25, 0.3) is 11.0 Å². The number of aromatic nitrogens is 2. The Kier molecular flexibility index (Phi) is 5.16. The van der Waals surface area contributed by atoms with E-state index < -0.39 is 5.91 Å². The number of aryl methyl sites for hydroxylation is 1. The normalized spacial score (nSPS) is 10.4. The van der Waals surface area contributed by atoms with Crippen molar-refractivity contribution >= 4 is 34.4 Å². The van der Waals surface area contributed by atoms with E-state index in [2.05, 4.69) is 21.2 Å². The molecule has 27 heavy (non-hydrogen) atoms. The number of benzene rings is 2. The molecule has 0 aliphatic rings. The van der Waals surface area contributed by atoms with Crippen LogP contribution in [0.4, 0.5) is 5.69 Å². The van der Waals surface area contributed by atoms with Crippen LogP contribution in [0.1, 0.15) is 23.1 Å². The van der Waals surface area contributed by atoms with E-state index in [9.17, 15) is 14.4 Å². The van der Waals surface area contributed by atoms with Crippen molar-refractivity contribution in [1.29, 1.82) is 0 Å². The van der Waals surface area contributed by atoms with Gasteiger partial charge < -0.3 is 9.88 Å². The number of amides is 3. The van der Waals surface area contributed by atoms with Crippen LogP contribution in [-0.2, 0) is 23.1 Å². The molecule has 138 valence electrons. The highest BCUT2D eigenvalue weighted by atomic mass is 16.2. The SMILES string of the molecule is CC(=O)Nc1ccc(C(=O)NNC(=O)Cc2nc3ccccc3n2C)cc1. The maximum absolute atomic E-state index is 12.1. The second-order valence-corrected chi connectivity index (χ2v) is 6.01. The lowest BCUT2D eigenvalue weighted by molar-refractivity contribution is -0.121. The van der Waals surface area contributed by atoms with Gasteiger partial charge in [-0.1, -0.05) is 12.1 Å². The van der Waals surface area contributed by atoms with Crippen LogP contribution < -0.4 is 16.2 Å². The number of imidazole rings is 1. The predicted octanol–water partition coefficient (Wildman–Crippen LogP) is 1.54. The second kappa shape index (κ2) is 7.69. The quantitative estimate of drug-likeness (QED) is 0.610. The average Bonchev–Trinajstić information content (AvgIpc) is 2.96. The van der Waals surface area contributed by atoms with Gasteiger partial charge in [0.15, 0.2) is 0 Å². The number of nitrogens with zero attached hydrogens (tertiary/aromatic N) is 2. The van der Waals surface area contributed by atoms with Crippen molar-refractivity contribution in [2.75, 3.05) is 5.32 Å². The molecule has 1 heterocycles. The van der Waals surface area contributed by atoms with Crippen LogP contribution in [-0.4, -0.2) is 27.3 Å². The van der Waals surface area contributed by atoms with Gasteiger partial charge in [-0.3, -0.25) is 25.2 Å². The number of hydrazine groups is 1. The van der Waals surface area contributed by atoms with Crippen molar-refractivity contribution in [3.05, 3.63) is 59.9 Å². The van der Waals surface area contributed by atoms with E-state index in [0.29, 0.717) is 17.1 Å². The Labute approximate surface area is 155 Å². The highest BCUT2D eigenvalue weighted by molar-refractivity contribution is 5.96. The molecule has 3 aromatic rings. The summed E-state index contributed by atoms with van der Waals surface area (Å²) in [5, 5.41) is 2.62. The van der Waals surface area contributed by atoms with Gasteiger partial charge >= 0.3 is 0 Å². The minimum Gasteiger partial charge on any atom is -0.331 e. The molecular weight excluding hydrogens is 346 g/mol. The fourth-order valence-electron chi connectivity index (χ4n) is 2.65. The first kappa shape index (κ1) is 18.1. The van der Waals surface area contributed by atoms with E-state index in [1.165, 1.54) is 6.92 Å². The monoisotopic (exact) mass is 365 g/mol. The molecule has 3 N–H and O–H groups in total. The summed E-state index contributed by atoms with van der Waals surface area (Å²) in [6, 6.07) is 13.9. The smallest absolute Gasteiger partial charge is 0.269 e. The van der Waals surface area contributed by atoms with Gasteiger partial charge in [0.05, 0.1) is 17.5 Å². The van der Waals surface area contributed by atoms with E-state index in [1.54, 1.807) is 24.3 Å². The Morgan fingerprint density at radius 2 is 1.70 bits per heavy atom. The number of carbonyl (C=O) groups excluding carboxylic acids is 3. The number of nitrogens with one attached hydrogen (secondary N) is 3. The summed E-state index contributed by atoms with van der Waals surface area (Å²) in [4.78, 5) is 39.7. The summed E-state index contributed by atoms with van der Waals surface area (Å²) >= 11 is 0. The van der Waals surface area contributed by atoms with E-state index in [4.69, 9.17) is 0 Å². The maximum atomic E-state index is 12.1. The predicted molar refractivity (Wildman–Crippen MR) is 101 cm³/mol. The summed E-state index contributed by atoms with van der Waals surface area (Å²) < 4.78 is 1.84. The van der Waals surface area contributed by atoms with Gasteiger partial charge in [-0.05, 0) is 36.4 Å². The summed E-state index contributed by atoms with van der Waals surface area (Å²) in [7, 11) is 1.84. The third-order valence-corrected chi connectivity index (χ3v) is 3.98. The van der Waals surface area contributed by atoms with E-state index in [-0.39, 0.29) is 18.2 Å². The van der Waals surface area contributed by atoms with Gasteiger partial charge in [-0.15, -0.1) is 0 Å². The molecular formula is C19H19N5O3. The van der Waals surface area contributed by atoms with Crippen LogP contribution in [0.15, 0.2) is 48.5 Å². The van der Waals surface area contributed by atoms with Crippen molar-refractivity contribution in [1.82, 2.24) is 20.4 Å². The lowest BCUT2D eigenvalue weighted by Gasteiger charge is -2.08. The van der Waals surface area contributed by atoms with Crippen LogP contribution in [0, 0.1) is 0 Å². The van der Waals surface area contributed by atoms with Gasteiger partial charge in [-0.25, -0.2) is 4.98 Å². The molecule has 0 aliphatic carbocycles. The van der Waals surface area contributed by atoms with Crippen molar-refractivity contribution in [2.45, 2.75) is 13.3 Å². The highest BCUT2D eigenvalue weighted by Crippen LogP contribution is 2.14. The van der Waals surface area contributed by atoms with Gasteiger partial charge in [0.25, 0.3) is 5.91 Å². The Morgan fingerprint density at radius 3 is 2.37 bits per heavy atom. The molecule has 2 aromatic carbocycles. The van der Waals surface area contributed by atoms with Crippen LogP contribution >= 0.6 is 0 Å². The largest absolute Gasteiger partial charge is 0.331 e. The van der Waals surface area contributed by atoms with E-state index >= 15 is 0 Å². The molecule has 0 radical (unpaired) electrons. The van der Waals surface area contributed by atoms with Crippen LogP contribution in [0.5, 0.6) is 0 Å². The summed E-state index contributed by atoms with van der Waals surface area (Å²) in [5.41, 5.74) is 7.44. The molecule has 8 nitrogen and oxygen atoms in total. The second-order valence-electron chi connectivity index (χ2n) is 6.01. The highest BCUT2D eigenvalue weighted by Gasteiger charge is 2.13. The summed E-state index contributed by atoms with van der Waals surface area (Å²) in [6.07, 6.45) is 0.0347. The van der Waals surface area contributed by atoms with Crippen molar-refractivity contribution in [2.24, 2.45) is 7.05 Å². The molecule has 0 spiro atoms. The zero-order valence-electron chi connectivity index (χ0n) is 14.9. The molecule has 0 saturated carbocycles. The van der Waals surface area contributed by atoms with Gasteiger partial charge in [0, 0.05) is 25.2 Å². The molecule has 0 atom stereocenters.